The van der Waals surface area contributed by atoms with Crippen molar-refractivity contribution in [2.45, 2.75) is 86.0 Å². The minimum atomic E-state index is -1.17. The van der Waals surface area contributed by atoms with Crippen LogP contribution in [-0.2, 0) is 22.5 Å². The third kappa shape index (κ3) is 6.22. The Morgan fingerprint density at radius 3 is 2.48 bits per heavy atom. The highest BCUT2D eigenvalue weighted by atomic mass is 32.1. The maximum absolute atomic E-state index is 13.4. The van der Waals surface area contributed by atoms with Crippen LogP contribution in [-0.4, -0.2) is 57.1 Å². The monoisotopic (exact) mass is 590 g/mol. The number of aliphatic carboxylic acids is 1. The lowest BCUT2D eigenvalue weighted by Gasteiger charge is -2.41. The molecule has 1 atom stereocenters. The van der Waals surface area contributed by atoms with Gasteiger partial charge >= 0.3 is 5.97 Å². The summed E-state index contributed by atoms with van der Waals surface area (Å²) in [4.78, 5) is 39.6. The number of ether oxygens (including phenoxy) is 1. The van der Waals surface area contributed by atoms with E-state index in [9.17, 15) is 14.7 Å². The molecule has 1 aromatic carbocycles. The second-order valence-electron chi connectivity index (χ2n) is 13.3. The molecular formula is C33H42N4O4S. The van der Waals surface area contributed by atoms with Crippen molar-refractivity contribution >= 4 is 28.9 Å². The van der Waals surface area contributed by atoms with Crippen molar-refractivity contribution in [3.63, 3.8) is 0 Å². The van der Waals surface area contributed by atoms with Crippen LogP contribution in [0.25, 0.3) is 11.1 Å². The molecule has 1 N–H and O–H groups in total. The average Bonchev–Trinajstić information content (AvgIpc) is 3.41. The largest absolute Gasteiger partial charge is 0.479 e. The van der Waals surface area contributed by atoms with Gasteiger partial charge in [-0.25, -0.2) is 9.78 Å². The zero-order valence-electron chi connectivity index (χ0n) is 25.8. The quantitative estimate of drug-likeness (QED) is 0.332. The van der Waals surface area contributed by atoms with E-state index in [4.69, 9.17) is 9.72 Å². The molecule has 8 nitrogen and oxygen atoms in total. The topological polar surface area (TPSA) is 95.9 Å². The molecule has 1 unspecified atom stereocenters. The summed E-state index contributed by atoms with van der Waals surface area (Å²) in [6, 6.07) is 6.01. The Hall–Kier alpha value is -3.30. The molecule has 5 rings (SSSR count). The third-order valence-corrected chi connectivity index (χ3v) is 9.00. The van der Waals surface area contributed by atoms with Crippen LogP contribution in [0.2, 0.25) is 0 Å². The van der Waals surface area contributed by atoms with Crippen LogP contribution in [0.15, 0.2) is 29.1 Å². The second-order valence-corrected chi connectivity index (χ2v) is 14.1. The van der Waals surface area contributed by atoms with Gasteiger partial charge in [0.2, 0.25) is 0 Å². The van der Waals surface area contributed by atoms with Crippen LogP contribution < -0.4 is 4.90 Å². The van der Waals surface area contributed by atoms with Crippen LogP contribution in [0.3, 0.4) is 0 Å². The Bertz CT molecular complexity index is 1480. The van der Waals surface area contributed by atoms with Crippen molar-refractivity contribution in [2.75, 3.05) is 24.5 Å². The molecule has 0 bridgehead atoms. The number of carboxylic acids is 1. The number of hydrogen-bond donors (Lipinski definition) is 1. The van der Waals surface area contributed by atoms with E-state index >= 15 is 0 Å². The lowest BCUT2D eigenvalue weighted by molar-refractivity contribution is -0.160. The summed E-state index contributed by atoms with van der Waals surface area (Å²) in [5.74, 6) is -1.02. The Balaban J connectivity index is 1.62. The smallest absolute Gasteiger partial charge is 0.337 e. The van der Waals surface area contributed by atoms with Gasteiger partial charge in [0.1, 0.15) is 0 Å². The van der Waals surface area contributed by atoms with Crippen LogP contribution >= 0.6 is 11.3 Å². The van der Waals surface area contributed by atoms with E-state index in [1.165, 1.54) is 11.3 Å². The van der Waals surface area contributed by atoms with Gasteiger partial charge in [-0.05, 0) is 76.5 Å². The number of rotatable bonds is 7. The summed E-state index contributed by atoms with van der Waals surface area (Å²) in [5.41, 5.74) is 8.82. The van der Waals surface area contributed by atoms with Crippen molar-refractivity contribution in [1.29, 1.82) is 0 Å². The van der Waals surface area contributed by atoms with Gasteiger partial charge in [-0.3, -0.25) is 9.78 Å². The maximum atomic E-state index is 13.4. The van der Waals surface area contributed by atoms with E-state index in [0.29, 0.717) is 29.9 Å². The predicted octanol–water partition coefficient (Wildman–Crippen LogP) is 6.59. The predicted molar refractivity (Wildman–Crippen MR) is 166 cm³/mol. The summed E-state index contributed by atoms with van der Waals surface area (Å²) in [6.45, 7) is 16.8. The first-order valence-electron chi connectivity index (χ1n) is 14.7. The molecule has 9 heteroatoms. The van der Waals surface area contributed by atoms with E-state index in [1.807, 2.05) is 57.0 Å². The third-order valence-electron chi connectivity index (χ3n) is 8.37. The lowest BCUT2D eigenvalue weighted by atomic mass is 9.81. The van der Waals surface area contributed by atoms with Gasteiger partial charge in [0.05, 0.1) is 29.0 Å². The Kier molecular flexibility index (Phi) is 8.20. The molecule has 1 fully saturated rings. The molecule has 1 amide bonds. The minimum absolute atomic E-state index is 0.0123. The normalized spacial score (nSPS) is 17.7. The van der Waals surface area contributed by atoms with Crippen LogP contribution in [0.5, 0.6) is 0 Å². The van der Waals surface area contributed by atoms with Crippen LogP contribution in [0, 0.1) is 19.3 Å². The lowest BCUT2D eigenvalue weighted by Crippen LogP contribution is -2.39. The average molecular weight is 591 g/mol. The number of thiazole rings is 1. The number of carbonyl (C=O) groups excluding carboxylic acids is 1. The van der Waals surface area contributed by atoms with Crippen LogP contribution in [0.1, 0.15) is 92.1 Å². The number of aromatic nitrogens is 2. The Labute approximate surface area is 252 Å². The van der Waals surface area contributed by atoms with Gasteiger partial charge in [-0.15, -0.1) is 11.3 Å². The number of carboxylic acid groups (broad SMARTS) is 1. The second kappa shape index (κ2) is 11.4. The molecule has 1 saturated heterocycles. The molecule has 0 radical (unpaired) electrons. The minimum Gasteiger partial charge on any atom is -0.479 e. The fourth-order valence-corrected chi connectivity index (χ4v) is 6.66. The molecule has 0 spiro atoms. The summed E-state index contributed by atoms with van der Waals surface area (Å²) >= 11 is 1.53. The number of anilines is 1. The summed E-state index contributed by atoms with van der Waals surface area (Å²) in [7, 11) is 0. The van der Waals surface area contributed by atoms with Crippen molar-refractivity contribution in [2.24, 2.45) is 5.41 Å². The van der Waals surface area contributed by atoms with Crippen molar-refractivity contribution in [1.82, 2.24) is 14.9 Å². The molecule has 0 aliphatic carbocycles. The van der Waals surface area contributed by atoms with Gasteiger partial charge in [-0.2, -0.15) is 0 Å². The number of aryl methyl sites for hydroxylation is 2. The van der Waals surface area contributed by atoms with Crippen molar-refractivity contribution < 1.29 is 19.4 Å². The molecule has 2 aliphatic rings. The van der Waals surface area contributed by atoms with E-state index < -0.39 is 17.7 Å². The first-order valence-corrected chi connectivity index (χ1v) is 15.6. The number of benzene rings is 1. The highest BCUT2D eigenvalue weighted by molar-refractivity contribution is 7.07. The summed E-state index contributed by atoms with van der Waals surface area (Å²) < 4.78 is 6.21. The molecule has 3 aromatic rings. The van der Waals surface area contributed by atoms with Crippen molar-refractivity contribution in [3.05, 3.63) is 62.9 Å². The number of hydrogen-bond acceptors (Lipinski definition) is 7. The molecule has 4 heterocycles. The van der Waals surface area contributed by atoms with E-state index in [2.05, 4.69) is 29.8 Å². The zero-order chi connectivity index (χ0) is 30.4. The summed E-state index contributed by atoms with van der Waals surface area (Å²) in [5, 5.41) is 12.4. The molecule has 42 heavy (non-hydrogen) atoms. The molecule has 2 aliphatic heterocycles. The highest BCUT2D eigenvalue weighted by Gasteiger charge is 2.37. The van der Waals surface area contributed by atoms with Crippen molar-refractivity contribution in [3.8, 4) is 11.1 Å². The first-order chi connectivity index (χ1) is 19.7. The first kappa shape index (κ1) is 30.2. The fraction of sp³-hybridized carbons (Fsp3) is 0.515. The SMILES string of the molecule is Cc1nc(C)c(C(OC(C)(C)C)C(=O)O)c(N2CCC(C)(C)CC2)c1-c1ccc2c(c1)CCN(Cc1cscn1)C2=O. The standard InChI is InChI=1S/C33H42N4O4S/c1-20-26(23-8-9-25-22(16-23)10-13-37(30(25)38)17-24-18-42-19-34-24)28(36-14-11-33(6,7)12-15-36)27(21(2)35-20)29(31(39)40)41-32(3,4)5/h8-9,16,18-19,29H,10-15,17H2,1-7H3,(H,39,40). The molecular weight excluding hydrogens is 548 g/mol. The number of carbonyl (C=O) groups is 2. The van der Waals surface area contributed by atoms with E-state index in [0.717, 1.165) is 66.1 Å². The van der Waals surface area contributed by atoms with Gasteiger partial charge < -0.3 is 19.6 Å². The number of piperidine rings is 1. The van der Waals surface area contributed by atoms with Gasteiger partial charge in [0.25, 0.3) is 5.91 Å². The number of pyridine rings is 1. The zero-order valence-corrected chi connectivity index (χ0v) is 26.6. The number of nitrogens with zero attached hydrogens (tertiary/aromatic N) is 4. The molecule has 2 aromatic heterocycles. The van der Waals surface area contributed by atoms with Crippen LogP contribution in [0.4, 0.5) is 5.69 Å². The maximum Gasteiger partial charge on any atom is 0.337 e. The molecule has 0 saturated carbocycles. The highest BCUT2D eigenvalue weighted by Crippen LogP contribution is 2.45. The molecule has 224 valence electrons. The summed E-state index contributed by atoms with van der Waals surface area (Å²) in [6.07, 6.45) is 1.57. The Morgan fingerprint density at radius 1 is 1.14 bits per heavy atom. The van der Waals surface area contributed by atoms with E-state index in [1.54, 1.807) is 5.51 Å². The van der Waals surface area contributed by atoms with Gasteiger partial charge in [0, 0.05) is 53.1 Å². The van der Waals surface area contributed by atoms with Gasteiger partial charge in [-0.1, -0.05) is 26.0 Å². The number of fused-ring (bicyclic) bond motifs is 1. The fourth-order valence-electron chi connectivity index (χ4n) is 6.11. The Morgan fingerprint density at radius 2 is 1.86 bits per heavy atom. The number of amides is 1. The van der Waals surface area contributed by atoms with E-state index in [-0.39, 0.29) is 11.3 Å². The van der Waals surface area contributed by atoms with Gasteiger partial charge in [0.15, 0.2) is 6.10 Å².